The number of carbonyl (C=O) groups is 1. The second-order valence-corrected chi connectivity index (χ2v) is 8.19. The standard InChI is InChI=1S/C24H14BrClF4N2O2/c25-20-9-15(10-21(26)22(20)34-13-14-4-6-18(27)7-5-14)8-16(12-31)23(33)32-19-3-1-2-17(11-19)24(28,29)30/h1-11H,13H2,(H,32,33)/b16-8-. The first-order chi connectivity index (χ1) is 16.1. The minimum absolute atomic E-state index is 0.107. The highest BCUT2D eigenvalue weighted by atomic mass is 79.9. The van der Waals surface area contributed by atoms with Crippen molar-refractivity contribution in [2.24, 2.45) is 0 Å². The topological polar surface area (TPSA) is 62.1 Å². The summed E-state index contributed by atoms with van der Waals surface area (Å²) in [6, 6.07) is 14.6. The summed E-state index contributed by atoms with van der Waals surface area (Å²) in [5, 5.41) is 11.8. The van der Waals surface area contributed by atoms with E-state index in [0.29, 0.717) is 21.3 Å². The predicted molar refractivity (Wildman–Crippen MR) is 124 cm³/mol. The van der Waals surface area contributed by atoms with Gasteiger partial charge >= 0.3 is 6.18 Å². The quantitative estimate of drug-likeness (QED) is 0.197. The van der Waals surface area contributed by atoms with Crippen LogP contribution in [0.5, 0.6) is 5.75 Å². The lowest BCUT2D eigenvalue weighted by molar-refractivity contribution is -0.137. The molecule has 0 atom stereocenters. The monoisotopic (exact) mass is 552 g/mol. The van der Waals surface area contributed by atoms with Crippen LogP contribution in [-0.4, -0.2) is 5.91 Å². The van der Waals surface area contributed by atoms with Crippen molar-refractivity contribution in [3.05, 3.63) is 98.2 Å². The van der Waals surface area contributed by atoms with Crippen LogP contribution in [0.1, 0.15) is 16.7 Å². The van der Waals surface area contributed by atoms with E-state index >= 15 is 0 Å². The molecule has 0 aliphatic carbocycles. The van der Waals surface area contributed by atoms with Gasteiger partial charge in [0.05, 0.1) is 15.1 Å². The molecule has 0 aliphatic heterocycles. The van der Waals surface area contributed by atoms with Crippen LogP contribution in [-0.2, 0) is 17.6 Å². The molecule has 0 fully saturated rings. The number of nitriles is 1. The van der Waals surface area contributed by atoms with Crippen LogP contribution in [0.15, 0.2) is 70.7 Å². The highest BCUT2D eigenvalue weighted by Crippen LogP contribution is 2.36. The summed E-state index contributed by atoms with van der Waals surface area (Å²) in [5.41, 5.74) is -0.294. The van der Waals surface area contributed by atoms with Crippen LogP contribution in [0.25, 0.3) is 6.08 Å². The number of nitrogens with one attached hydrogen (secondary N) is 1. The SMILES string of the molecule is N#C/C(=C/c1cc(Cl)c(OCc2ccc(F)cc2)c(Br)c1)C(=O)Nc1cccc(C(F)(F)F)c1. The first-order valence-corrected chi connectivity index (χ1v) is 10.7. The van der Waals surface area contributed by atoms with E-state index in [2.05, 4.69) is 21.2 Å². The van der Waals surface area contributed by atoms with E-state index in [1.54, 1.807) is 24.3 Å². The van der Waals surface area contributed by atoms with Crippen LogP contribution < -0.4 is 10.1 Å². The van der Waals surface area contributed by atoms with Crippen molar-refractivity contribution in [2.75, 3.05) is 5.32 Å². The van der Waals surface area contributed by atoms with Crippen molar-refractivity contribution in [1.82, 2.24) is 0 Å². The summed E-state index contributed by atoms with van der Waals surface area (Å²) in [5.74, 6) is -0.953. The minimum Gasteiger partial charge on any atom is -0.486 e. The molecule has 1 amide bonds. The summed E-state index contributed by atoms with van der Waals surface area (Å²) in [4.78, 5) is 12.4. The lowest BCUT2D eigenvalue weighted by Gasteiger charge is -2.12. The minimum atomic E-state index is -4.57. The molecule has 0 bridgehead atoms. The molecule has 174 valence electrons. The van der Waals surface area contributed by atoms with E-state index in [9.17, 15) is 27.6 Å². The van der Waals surface area contributed by atoms with E-state index in [0.717, 1.165) is 18.2 Å². The zero-order valence-electron chi connectivity index (χ0n) is 17.1. The Labute approximate surface area is 205 Å². The van der Waals surface area contributed by atoms with Crippen molar-refractivity contribution in [1.29, 1.82) is 5.26 Å². The predicted octanol–water partition coefficient (Wildman–Crippen LogP) is 7.39. The molecule has 0 saturated heterocycles. The molecule has 3 aromatic carbocycles. The molecule has 34 heavy (non-hydrogen) atoms. The molecule has 0 spiro atoms. The fourth-order valence-corrected chi connectivity index (χ4v) is 3.81. The maximum atomic E-state index is 13.0. The first-order valence-electron chi connectivity index (χ1n) is 9.53. The average molecular weight is 554 g/mol. The summed E-state index contributed by atoms with van der Waals surface area (Å²) in [6.07, 6.45) is -3.33. The summed E-state index contributed by atoms with van der Waals surface area (Å²) >= 11 is 9.61. The number of benzene rings is 3. The van der Waals surface area contributed by atoms with E-state index in [-0.39, 0.29) is 28.7 Å². The highest BCUT2D eigenvalue weighted by Gasteiger charge is 2.30. The summed E-state index contributed by atoms with van der Waals surface area (Å²) in [7, 11) is 0. The van der Waals surface area contributed by atoms with Gasteiger partial charge in [0.1, 0.15) is 24.1 Å². The molecule has 4 nitrogen and oxygen atoms in total. The van der Waals surface area contributed by atoms with Gasteiger partial charge in [-0.05, 0) is 75.6 Å². The van der Waals surface area contributed by atoms with Crippen molar-refractivity contribution in [3.8, 4) is 11.8 Å². The maximum absolute atomic E-state index is 13.0. The largest absolute Gasteiger partial charge is 0.486 e. The zero-order chi connectivity index (χ0) is 24.9. The van der Waals surface area contributed by atoms with Gasteiger partial charge in [-0.3, -0.25) is 4.79 Å². The van der Waals surface area contributed by atoms with Gasteiger partial charge in [-0.2, -0.15) is 18.4 Å². The Morgan fingerprint density at radius 2 is 1.85 bits per heavy atom. The summed E-state index contributed by atoms with van der Waals surface area (Å²) in [6.45, 7) is 0.122. The third-order valence-corrected chi connectivity index (χ3v) is 5.31. The normalized spacial score (nSPS) is 11.6. The fourth-order valence-electron chi connectivity index (χ4n) is 2.82. The number of anilines is 1. The Balaban J connectivity index is 1.77. The Kier molecular flexibility index (Phi) is 7.97. The number of carbonyl (C=O) groups excluding carboxylic acids is 1. The molecule has 3 rings (SSSR count). The van der Waals surface area contributed by atoms with Crippen molar-refractivity contribution in [2.45, 2.75) is 12.8 Å². The smallest absolute Gasteiger partial charge is 0.416 e. The molecule has 3 aromatic rings. The maximum Gasteiger partial charge on any atom is 0.416 e. The number of ether oxygens (including phenoxy) is 1. The molecule has 0 radical (unpaired) electrons. The molecule has 10 heteroatoms. The van der Waals surface area contributed by atoms with Crippen molar-refractivity contribution in [3.63, 3.8) is 0 Å². The molecular formula is C24H14BrClF4N2O2. The van der Waals surface area contributed by atoms with Crippen molar-refractivity contribution < 1.29 is 27.1 Å². The van der Waals surface area contributed by atoms with Crippen LogP contribution in [0, 0.1) is 17.1 Å². The molecule has 0 saturated carbocycles. The molecular weight excluding hydrogens is 540 g/mol. The van der Waals surface area contributed by atoms with E-state index in [1.165, 1.54) is 30.3 Å². The molecule has 0 heterocycles. The Hall–Kier alpha value is -3.35. The molecule has 1 N–H and O–H groups in total. The third kappa shape index (κ3) is 6.59. The Bertz CT molecular complexity index is 1260. The third-order valence-electron chi connectivity index (χ3n) is 4.44. The van der Waals surface area contributed by atoms with Crippen LogP contribution in [0.2, 0.25) is 5.02 Å². The van der Waals surface area contributed by atoms with Crippen molar-refractivity contribution >= 4 is 45.2 Å². The van der Waals surface area contributed by atoms with Gasteiger partial charge in [0.25, 0.3) is 5.91 Å². The van der Waals surface area contributed by atoms with Gasteiger partial charge in [0.2, 0.25) is 0 Å². The lowest BCUT2D eigenvalue weighted by Crippen LogP contribution is -2.14. The van der Waals surface area contributed by atoms with E-state index in [1.807, 2.05) is 0 Å². The molecule has 0 aromatic heterocycles. The lowest BCUT2D eigenvalue weighted by atomic mass is 10.1. The highest BCUT2D eigenvalue weighted by molar-refractivity contribution is 9.10. The number of amides is 1. The van der Waals surface area contributed by atoms with E-state index in [4.69, 9.17) is 16.3 Å². The van der Waals surface area contributed by atoms with Crippen LogP contribution >= 0.6 is 27.5 Å². The number of hydrogen-bond acceptors (Lipinski definition) is 3. The van der Waals surface area contributed by atoms with Gasteiger partial charge in [0.15, 0.2) is 5.75 Å². The second-order valence-electron chi connectivity index (χ2n) is 6.93. The first kappa shape index (κ1) is 25.3. The number of nitrogens with zero attached hydrogens (tertiary/aromatic N) is 1. The average Bonchev–Trinajstić information content (AvgIpc) is 2.77. The fraction of sp³-hybridized carbons (Fsp3) is 0.0833. The van der Waals surface area contributed by atoms with Gasteiger partial charge in [-0.1, -0.05) is 29.8 Å². The Morgan fingerprint density at radius 1 is 1.15 bits per heavy atom. The number of alkyl halides is 3. The molecule has 0 unspecified atom stereocenters. The van der Waals surface area contributed by atoms with Gasteiger partial charge < -0.3 is 10.1 Å². The van der Waals surface area contributed by atoms with E-state index < -0.39 is 17.6 Å². The Morgan fingerprint density at radius 3 is 2.47 bits per heavy atom. The van der Waals surface area contributed by atoms with Gasteiger partial charge in [0, 0.05) is 5.69 Å². The second kappa shape index (κ2) is 10.7. The zero-order valence-corrected chi connectivity index (χ0v) is 19.4. The summed E-state index contributed by atoms with van der Waals surface area (Å²) < 4.78 is 57.8. The van der Waals surface area contributed by atoms with Gasteiger partial charge in [-0.25, -0.2) is 4.39 Å². The van der Waals surface area contributed by atoms with Gasteiger partial charge in [-0.15, -0.1) is 0 Å². The number of rotatable bonds is 6. The number of halogens is 6. The van der Waals surface area contributed by atoms with Crippen LogP contribution in [0.3, 0.4) is 0 Å². The van der Waals surface area contributed by atoms with Crippen LogP contribution in [0.4, 0.5) is 23.2 Å². The number of hydrogen-bond donors (Lipinski definition) is 1. The molecule has 0 aliphatic rings.